The highest BCUT2D eigenvalue weighted by Crippen LogP contribution is 2.30. The quantitative estimate of drug-likeness (QED) is 0.648. The zero-order chi connectivity index (χ0) is 17.2. The van der Waals surface area contributed by atoms with Crippen molar-refractivity contribution in [3.8, 4) is 5.75 Å². The van der Waals surface area contributed by atoms with Crippen molar-refractivity contribution in [2.75, 3.05) is 7.11 Å². The van der Waals surface area contributed by atoms with Gasteiger partial charge in [0.15, 0.2) is 5.11 Å². The number of halogens is 3. The van der Waals surface area contributed by atoms with Gasteiger partial charge < -0.3 is 20.1 Å². The molecule has 1 aromatic carbocycles. The third-order valence-electron chi connectivity index (χ3n) is 3.12. The van der Waals surface area contributed by atoms with E-state index in [0.29, 0.717) is 21.9 Å². The van der Waals surface area contributed by atoms with E-state index in [0.717, 1.165) is 0 Å². The first-order valence-corrected chi connectivity index (χ1v) is 6.84. The maximum absolute atomic E-state index is 12.2. The molecule has 0 aliphatic carbocycles. The average molecular weight is 346 g/mol. The van der Waals surface area contributed by atoms with E-state index < -0.39 is 18.4 Å². The second kappa shape index (κ2) is 6.45. The number of hydrogen-bond donors (Lipinski definition) is 2. The Kier molecular flexibility index (Phi) is 4.79. The summed E-state index contributed by atoms with van der Waals surface area (Å²) in [6.07, 6.45) is -4.76. The Morgan fingerprint density at radius 2 is 1.87 bits per heavy atom. The van der Waals surface area contributed by atoms with Gasteiger partial charge in [-0.2, -0.15) is 0 Å². The van der Waals surface area contributed by atoms with Crippen LogP contribution in [0.5, 0.6) is 5.75 Å². The van der Waals surface area contributed by atoms with Gasteiger partial charge in [0.05, 0.1) is 18.7 Å². The van der Waals surface area contributed by atoms with Crippen molar-refractivity contribution < 1.29 is 27.4 Å². The Hall–Kier alpha value is -2.29. The van der Waals surface area contributed by atoms with Gasteiger partial charge in [-0.05, 0) is 36.8 Å². The van der Waals surface area contributed by atoms with Crippen LogP contribution in [0.4, 0.5) is 13.2 Å². The van der Waals surface area contributed by atoms with E-state index in [1.807, 2.05) is 0 Å². The molecule has 1 heterocycles. The fraction of sp³-hybridized carbons (Fsp3) is 0.286. The number of carbonyl (C=O) groups excluding carboxylic acids is 1. The maximum Gasteiger partial charge on any atom is 0.573 e. The molecule has 0 amide bonds. The molecule has 1 aliphatic heterocycles. The molecule has 1 aromatic rings. The monoisotopic (exact) mass is 346 g/mol. The first kappa shape index (κ1) is 17.1. The highest BCUT2D eigenvalue weighted by molar-refractivity contribution is 7.80. The molecule has 2 N–H and O–H groups in total. The minimum absolute atomic E-state index is 0.297. The van der Waals surface area contributed by atoms with Crippen LogP contribution >= 0.6 is 12.2 Å². The lowest BCUT2D eigenvalue weighted by molar-refractivity contribution is -0.274. The van der Waals surface area contributed by atoms with E-state index in [-0.39, 0.29) is 5.75 Å². The Labute approximate surface area is 135 Å². The molecule has 0 fully saturated rings. The number of hydrogen-bond acceptors (Lipinski definition) is 4. The molecule has 0 saturated heterocycles. The van der Waals surface area contributed by atoms with Gasteiger partial charge in [-0.1, -0.05) is 12.1 Å². The first-order chi connectivity index (χ1) is 10.7. The summed E-state index contributed by atoms with van der Waals surface area (Å²) in [7, 11) is 1.24. The van der Waals surface area contributed by atoms with Gasteiger partial charge in [-0.3, -0.25) is 0 Å². The number of allylic oxidation sites excluding steroid dienone is 1. The van der Waals surface area contributed by atoms with Crippen molar-refractivity contribution >= 4 is 23.3 Å². The van der Waals surface area contributed by atoms with Crippen molar-refractivity contribution in [2.24, 2.45) is 0 Å². The molecule has 9 heteroatoms. The molecular formula is C14H13F3N2O3S. The largest absolute Gasteiger partial charge is 0.573 e. The number of ether oxygens (including phenoxy) is 2. The Bertz CT molecular complexity index is 656. The van der Waals surface area contributed by atoms with Gasteiger partial charge in [0.1, 0.15) is 5.75 Å². The van der Waals surface area contributed by atoms with Crippen molar-refractivity contribution in [2.45, 2.75) is 19.3 Å². The number of methoxy groups -OCH3 is 1. The molecule has 5 nitrogen and oxygen atoms in total. The fourth-order valence-electron chi connectivity index (χ4n) is 2.19. The summed E-state index contributed by atoms with van der Waals surface area (Å²) in [4.78, 5) is 11.9. The van der Waals surface area contributed by atoms with Gasteiger partial charge in [-0.25, -0.2) is 4.79 Å². The van der Waals surface area contributed by atoms with E-state index in [9.17, 15) is 18.0 Å². The van der Waals surface area contributed by atoms with Gasteiger partial charge >= 0.3 is 12.3 Å². The number of esters is 1. The number of thiocarbonyl (C=S) groups is 1. The summed E-state index contributed by atoms with van der Waals surface area (Å²) in [5.41, 5.74) is 1.36. The highest BCUT2D eigenvalue weighted by atomic mass is 32.1. The molecule has 0 unspecified atom stereocenters. The summed E-state index contributed by atoms with van der Waals surface area (Å²) in [6, 6.07) is 4.54. The molecule has 1 atom stereocenters. The van der Waals surface area contributed by atoms with Gasteiger partial charge in [0.25, 0.3) is 0 Å². The van der Waals surface area contributed by atoms with Crippen LogP contribution < -0.4 is 15.4 Å². The summed E-state index contributed by atoms with van der Waals surface area (Å²) < 4.78 is 45.1. The Balaban J connectivity index is 2.33. The van der Waals surface area contributed by atoms with E-state index in [4.69, 9.17) is 17.0 Å². The predicted molar refractivity (Wildman–Crippen MR) is 79.5 cm³/mol. The lowest BCUT2D eigenvalue weighted by atomic mass is 9.95. The van der Waals surface area contributed by atoms with Crippen LogP contribution in [-0.2, 0) is 9.53 Å². The van der Waals surface area contributed by atoms with Crippen molar-refractivity contribution in [3.05, 3.63) is 41.1 Å². The summed E-state index contributed by atoms with van der Waals surface area (Å²) in [6.45, 7) is 1.66. The smallest absolute Gasteiger partial charge is 0.466 e. The highest BCUT2D eigenvalue weighted by Gasteiger charge is 2.32. The van der Waals surface area contributed by atoms with Gasteiger partial charge in [0.2, 0.25) is 0 Å². The van der Waals surface area contributed by atoms with Crippen LogP contribution in [-0.4, -0.2) is 24.6 Å². The number of nitrogens with one attached hydrogen (secondary N) is 2. The second-order valence-electron chi connectivity index (χ2n) is 4.68. The molecule has 124 valence electrons. The molecule has 0 aromatic heterocycles. The Morgan fingerprint density at radius 1 is 1.26 bits per heavy atom. The van der Waals surface area contributed by atoms with Crippen LogP contribution in [0.15, 0.2) is 35.5 Å². The molecule has 0 bridgehead atoms. The van der Waals surface area contributed by atoms with Crippen LogP contribution in [0.3, 0.4) is 0 Å². The molecule has 23 heavy (non-hydrogen) atoms. The third-order valence-corrected chi connectivity index (χ3v) is 3.34. The fourth-order valence-corrected chi connectivity index (χ4v) is 2.46. The van der Waals surface area contributed by atoms with Crippen molar-refractivity contribution in [1.29, 1.82) is 0 Å². The molecule has 1 aliphatic rings. The van der Waals surface area contributed by atoms with E-state index in [1.54, 1.807) is 6.92 Å². The standard InChI is InChI=1S/C14H13F3N2O3S/c1-7-10(12(20)21-2)11(19-13(23)18-7)8-3-5-9(6-4-8)22-14(15,16)17/h3-6,11H,1-2H3,(H2,18,19,23)/t11-/m0/s1. The molecule has 0 spiro atoms. The van der Waals surface area contributed by atoms with Gasteiger partial charge in [0, 0.05) is 5.70 Å². The van der Waals surface area contributed by atoms with Crippen LogP contribution in [0.1, 0.15) is 18.5 Å². The van der Waals surface area contributed by atoms with Crippen LogP contribution in [0.25, 0.3) is 0 Å². The first-order valence-electron chi connectivity index (χ1n) is 6.43. The molecule has 0 saturated carbocycles. The Morgan fingerprint density at radius 3 is 2.39 bits per heavy atom. The van der Waals surface area contributed by atoms with E-state index in [2.05, 4.69) is 15.4 Å². The summed E-state index contributed by atoms with van der Waals surface area (Å²) >= 11 is 5.05. The molecule has 0 radical (unpaired) electrons. The number of carbonyl (C=O) groups is 1. The minimum Gasteiger partial charge on any atom is -0.466 e. The topological polar surface area (TPSA) is 59.6 Å². The van der Waals surface area contributed by atoms with E-state index >= 15 is 0 Å². The summed E-state index contributed by atoms with van der Waals surface area (Å²) in [5, 5.41) is 6.01. The lowest BCUT2D eigenvalue weighted by Gasteiger charge is -2.29. The van der Waals surface area contributed by atoms with Crippen LogP contribution in [0.2, 0.25) is 0 Å². The van der Waals surface area contributed by atoms with Crippen molar-refractivity contribution in [1.82, 2.24) is 10.6 Å². The lowest BCUT2D eigenvalue weighted by Crippen LogP contribution is -2.45. The summed E-state index contributed by atoms with van der Waals surface area (Å²) in [5.74, 6) is -0.913. The number of benzene rings is 1. The molecule has 2 rings (SSSR count). The average Bonchev–Trinajstić information content (AvgIpc) is 2.45. The normalized spacial score (nSPS) is 18.1. The predicted octanol–water partition coefficient (Wildman–Crippen LogP) is 2.55. The zero-order valence-corrected chi connectivity index (χ0v) is 13.0. The minimum atomic E-state index is -4.76. The molecular weight excluding hydrogens is 333 g/mol. The number of alkyl halides is 3. The number of rotatable bonds is 3. The van der Waals surface area contributed by atoms with Crippen LogP contribution in [0, 0.1) is 0 Å². The third kappa shape index (κ3) is 4.13. The zero-order valence-electron chi connectivity index (χ0n) is 12.2. The maximum atomic E-state index is 12.2. The SMILES string of the molecule is COC(=O)C1=C(C)NC(=S)N[C@H]1c1ccc(OC(F)(F)F)cc1. The van der Waals surface area contributed by atoms with E-state index in [1.165, 1.54) is 31.4 Å². The van der Waals surface area contributed by atoms with Gasteiger partial charge in [-0.15, -0.1) is 13.2 Å². The second-order valence-corrected chi connectivity index (χ2v) is 5.09. The van der Waals surface area contributed by atoms with Crippen molar-refractivity contribution in [3.63, 3.8) is 0 Å².